The summed E-state index contributed by atoms with van der Waals surface area (Å²) >= 11 is 0. The number of halogens is 1. The molecule has 4 aliphatic carbocycles. The van der Waals surface area contributed by atoms with Gasteiger partial charge in [0.25, 0.3) is 5.91 Å². The number of ether oxygens (including phenoxy) is 2. The van der Waals surface area contributed by atoms with Gasteiger partial charge in [-0.15, -0.1) is 0 Å². The largest absolute Gasteiger partial charge is 0.477 e. The number of hydrogen-bond donors (Lipinski definition) is 2. The van der Waals surface area contributed by atoms with Gasteiger partial charge in [0.2, 0.25) is 5.88 Å². The fraction of sp³-hybridized carbons (Fsp3) is 0.720. The first-order valence-electron chi connectivity index (χ1n) is 12.2. The Morgan fingerprint density at radius 1 is 1.29 bits per heavy atom. The number of nitrogens with zero attached hydrogens (tertiary/aromatic N) is 2. The van der Waals surface area contributed by atoms with Gasteiger partial charge in [0.05, 0.1) is 25.5 Å². The molecular weight excluding hydrogens is 439 g/mol. The van der Waals surface area contributed by atoms with Crippen molar-refractivity contribution in [2.24, 2.45) is 23.7 Å². The number of nitrogens with one attached hydrogen (secondary N) is 2. The molecule has 1 aromatic heterocycles. The van der Waals surface area contributed by atoms with Crippen molar-refractivity contribution in [3.8, 4) is 5.88 Å². The molecule has 0 spiro atoms. The molecule has 4 fully saturated rings. The molecule has 1 heterocycles. The third-order valence-electron chi connectivity index (χ3n) is 7.29. The molecule has 5 rings (SSSR count). The summed E-state index contributed by atoms with van der Waals surface area (Å²) in [6, 6.07) is -0.00652. The van der Waals surface area contributed by atoms with Gasteiger partial charge in [0.15, 0.2) is 0 Å². The van der Waals surface area contributed by atoms with Crippen molar-refractivity contribution >= 4 is 18.2 Å². The highest BCUT2D eigenvalue weighted by Crippen LogP contribution is 2.57. The van der Waals surface area contributed by atoms with Crippen LogP contribution in [0.15, 0.2) is 12.3 Å². The summed E-state index contributed by atoms with van der Waals surface area (Å²) in [5.74, 6) is 1.21. The van der Waals surface area contributed by atoms with Gasteiger partial charge < -0.3 is 20.1 Å². The van der Waals surface area contributed by atoms with Crippen LogP contribution in [0.4, 0.5) is 9.18 Å². The van der Waals surface area contributed by atoms with Crippen molar-refractivity contribution in [1.29, 1.82) is 0 Å². The van der Waals surface area contributed by atoms with Crippen molar-refractivity contribution < 1.29 is 23.5 Å². The number of hydrogen-bond acceptors (Lipinski definition) is 5. The van der Waals surface area contributed by atoms with E-state index < -0.39 is 17.3 Å². The number of alkyl carbamates (subject to hydrolysis) is 1. The molecule has 9 heteroatoms. The first-order valence-corrected chi connectivity index (χ1v) is 12.2. The van der Waals surface area contributed by atoms with Gasteiger partial charge in [-0.3, -0.25) is 4.79 Å². The van der Waals surface area contributed by atoms with E-state index in [-0.39, 0.29) is 29.7 Å². The standard InChI is InChI=1S/C25H37FN4O4/c1-15(2)14-34-22-19(13-27-30(22)7-6-24(3,4)29-23(32)33-5)21(31)28-20-17-8-16-9-18(20)12-25(26,10-16)11-17/h6-7,13,15-18,20H,8-12,14H2,1-5H3,(H,28,31)(H,29,32). The van der Waals surface area contributed by atoms with Crippen LogP contribution in [0.2, 0.25) is 0 Å². The molecule has 0 aliphatic heterocycles. The molecule has 34 heavy (non-hydrogen) atoms. The zero-order valence-electron chi connectivity index (χ0n) is 20.8. The third-order valence-corrected chi connectivity index (χ3v) is 7.29. The lowest BCUT2D eigenvalue weighted by Crippen LogP contribution is -2.60. The number of amides is 2. The Bertz CT molecular complexity index is 941. The molecule has 4 aliphatic rings. The van der Waals surface area contributed by atoms with E-state index in [9.17, 15) is 9.59 Å². The maximum absolute atomic E-state index is 15.1. The van der Waals surface area contributed by atoms with E-state index in [4.69, 9.17) is 4.74 Å². The topological polar surface area (TPSA) is 94.5 Å². The van der Waals surface area contributed by atoms with E-state index in [2.05, 4.69) is 20.5 Å². The molecule has 8 nitrogen and oxygen atoms in total. The van der Waals surface area contributed by atoms with Gasteiger partial charge in [0, 0.05) is 12.2 Å². The molecule has 188 valence electrons. The van der Waals surface area contributed by atoms with Crippen molar-refractivity contribution in [3.63, 3.8) is 0 Å². The highest BCUT2D eigenvalue weighted by molar-refractivity contribution is 5.96. The van der Waals surface area contributed by atoms with E-state index in [0.717, 1.165) is 12.8 Å². The van der Waals surface area contributed by atoms with Crippen molar-refractivity contribution in [3.05, 3.63) is 17.8 Å². The number of rotatable bonds is 8. The number of carbonyl (C=O) groups excluding carboxylic acids is 2. The quantitative estimate of drug-likeness (QED) is 0.587. The van der Waals surface area contributed by atoms with Crippen LogP contribution in [-0.2, 0) is 4.74 Å². The Balaban J connectivity index is 1.52. The first kappa shape index (κ1) is 24.5. The number of methoxy groups -OCH3 is 1. The van der Waals surface area contributed by atoms with Crippen LogP contribution in [-0.4, -0.2) is 52.7 Å². The third kappa shape index (κ3) is 5.23. The zero-order chi connectivity index (χ0) is 24.7. The zero-order valence-corrected chi connectivity index (χ0v) is 20.8. The Kier molecular flexibility index (Phi) is 6.66. The van der Waals surface area contributed by atoms with E-state index in [1.165, 1.54) is 18.0 Å². The molecule has 2 atom stereocenters. The minimum absolute atomic E-state index is 0.00652. The van der Waals surface area contributed by atoms with E-state index in [1.54, 1.807) is 12.3 Å². The Labute approximate surface area is 200 Å². The fourth-order valence-corrected chi connectivity index (χ4v) is 6.00. The van der Waals surface area contributed by atoms with E-state index >= 15 is 4.39 Å². The Morgan fingerprint density at radius 2 is 1.97 bits per heavy atom. The van der Waals surface area contributed by atoms with Crippen molar-refractivity contribution in [2.45, 2.75) is 77.0 Å². The number of alkyl halides is 1. The highest BCUT2D eigenvalue weighted by Gasteiger charge is 2.56. The highest BCUT2D eigenvalue weighted by atomic mass is 19.1. The van der Waals surface area contributed by atoms with Gasteiger partial charge in [-0.25, -0.2) is 13.9 Å². The predicted molar refractivity (Wildman–Crippen MR) is 126 cm³/mol. The monoisotopic (exact) mass is 476 g/mol. The molecule has 0 saturated heterocycles. The van der Waals surface area contributed by atoms with E-state index in [0.29, 0.717) is 43.2 Å². The predicted octanol–water partition coefficient (Wildman–Crippen LogP) is 4.17. The molecule has 4 bridgehead atoms. The van der Waals surface area contributed by atoms with Crippen LogP contribution in [0.5, 0.6) is 5.88 Å². The van der Waals surface area contributed by atoms with Crippen molar-refractivity contribution in [1.82, 2.24) is 20.4 Å². The molecule has 4 saturated carbocycles. The lowest BCUT2D eigenvalue weighted by Gasteiger charge is -2.56. The maximum Gasteiger partial charge on any atom is 0.407 e. The molecule has 1 aromatic rings. The van der Waals surface area contributed by atoms with Gasteiger partial charge in [-0.2, -0.15) is 5.10 Å². The van der Waals surface area contributed by atoms with Crippen LogP contribution < -0.4 is 15.4 Å². The van der Waals surface area contributed by atoms with Crippen LogP contribution in [0, 0.1) is 23.7 Å². The minimum atomic E-state index is -1.04. The summed E-state index contributed by atoms with van der Waals surface area (Å²) in [6.45, 7) is 8.11. The normalized spacial score (nSPS) is 30.1. The second-order valence-corrected chi connectivity index (χ2v) is 11.3. The minimum Gasteiger partial charge on any atom is -0.477 e. The molecule has 0 radical (unpaired) electrons. The SMILES string of the molecule is COC(=O)NC(C)(C)C=Cn1ncc(C(=O)NC2C3CC4CC2CC(F)(C4)C3)c1OCC(C)C. The van der Waals surface area contributed by atoms with Gasteiger partial charge in [-0.05, 0) is 75.7 Å². The Hall–Kier alpha value is -2.58. The summed E-state index contributed by atoms with van der Waals surface area (Å²) in [7, 11) is 1.31. The molecule has 0 aromatic carbocycles. The van der Waals surface area contributed by atoms with Crippen LogP contribution in [0.25, 0.3) is 6.20 Å². The molecule has 2 amide bonds. The summed E-state index contributed by atoms with van der Waals surface area (Å²) < 4.78 is 27.2. The maximum atomic E-state index is 15.1. The van der Waals surface area contributed by atoms with Gasteiger partial charge in [-0.1, -0.05) is 13.8 Å². The Morgan fingerprint density at radius 3 is 2.56 bits per heavy atom. The second-order valence-electron chi connectivity index (χ2n) is 11.3. The summed E-state index contributed by atoms with van der Waals surface area (Å²) in [5, 5.41) is 10.3. The lowest BCUT2D eigenvalue weighted by atomic mass is 9.53. The smallest absolute Gasteiger partial charge is 0.407 e. The average Bonchev–Trinajstić information content (AvgIpc) is 3.14. The van der Waals surface area contributed by atoms with Gasteiger partial charge in [0.1, 0.15) is 11.2 Å². The average molecular weight is 477 g/mol. The van der Waals surface area contributed by atoms with Crippen LogP contribution in [0.3, 0.4) is 0 Å². The number of carbonyl (C=O) groups is 2. The fourth-order valence-electron chi connectivity index (χ4n) is 6.00. The van der Waals surface area contributed by atoms with Gasteiger partial charge >= 0.3 is 6.09 Å². The molecule has 2 N–H and O–H groups in total. The number of aromatic nitrogens is 2. The second kappa shape index (κ2) is 9.23. The summed E-state index contributed by atoms with van der Waals surface area (Å²) in [6.07, 6.45) is 8.14. The summed E-state index contributed by atoms with van der Waals surface area (Å²) in [4.78, 5) is 24.9. The molecular formula is C25H37FN4O4. The first-order chi connectivity index (χ1) is 16.0. The lowest BCUT2D eigenvalue weighted by molar-refractivity contribution is -0.0906. The summed E-state index contributed by atoms with van der Waals surface area (Å²) in [5.41, 5.74) is -1.39. The van der Waals surface area contributed by atoms with E-state index in [1.807, 2.05) is 27.7 Å². The van der Waals surface area contributed by atoms with Crippen LogP contribution in [0.1, 0.15) is 70.2 Å². The van der Waals surface area contributed by atoms with Crippen LogP contribution >= 0.6 is 0 Å². The molecule has 2 unspecified atom stereocenters. The van der Waals surface area contributed by atoms with Crippen molar-refractivity contribution in [2.75, 3.05) is 13.7 Å².